The van der Waals surface area contributed by atoms with Gasteiger partial charge in [-0.15, -0.1) is 0 Å². The summed E-state index contributed by atoms with van der Waals surface area (Å²) in [7, 11) is 0. The third-order valence-corrected chi connectivity index (χ3v) is 7.93. The Hall–Kier alpha value is -2.37. The van der Waals surface area contributed by atoms with Gasteiger partial charge in [0.05, 0.1) is 17.1 Å². The van der Waals surface area contributed by atoms with Gasteiger partial charge in [0.15, 0.2) is 0 Å². The highest BCUT2D eigenvalue weighted by molar-refractivity contribution is 6.31. The summed E-state index contributed by atoms with van der Waals surface area (Å²) in [6.07, 6.45) is 7.78. The summed E-state index contributed by atoms with van der Waals surface area (Å²) < 4.78 is 2.34. The average Bonchev–Trinajstić information content (AvgIpc) is 3.22. The predicted octanol–water partition coefficient (Wildman–Crippen LogP) is 5.96. The monoisotopic (exact) mass is 478 g/mol. The molecule has 1 aliphatic carbocycles. The van der Waals surface area contributed by atoms with E-state index in [0.29, 0.717) is 11.1 Å². The molecule has 34 heavy (non-hydrogen) atoms. The van der Waals surface area contributed by atoms with Crippen LogP contribution in [0.25, 0.3) is 11.0 Å². The molecule has 1 unspecified atom stereocenters. The van der Waals surface area contributed by atoms with Gasteiger partial charge in [0.1, 0.15) is 5.82 Å². The Morgan fingerprint density at radius 1 is 1.06 bits per heavy atom. The van der Waals surface area contributed by atoms with Crippen LogP contribution in [0.5, 0.6) is 0 Å². The van der Waals surface area contributed by atoms with Crippen molar-refractivity contribution in [3.05, 3.63) is 64.9 Å². The highest BCUT2D eigenvalue weighted by Gasteiger charge is 2.29. The lowest BCUT2D eigenvalue weighted by molar-refractivity contribution is -0.127. The Balaban J connectivity index is 1.29. The van der Waals surface area contributed by atoms with Gasteiger partial charge in [-0.05, 0) is 56.4 Å². The maximum Gasteiger partial charge on any atom is 0.223 e. The number of hydrogen-bond acceptors (Lipinski definition) is 3. The molecule has 1 atom stereocenters. The molecule has 2 aliphatic rings. The zero-order valence-electron chi connectivity index (χ0n) is 20.0. The van der Waals surface area contributed by atoms with Crippen LogP contribution in [-0.4, -0.2) is 39.5 Å². The Morgan fingerprint density at radius 3 is 2.53 bits per heavy atom. The standard InChI is InChI=1S/C28H35ClN4O/c1-20(32-16-14-24(15-17-32)30-28(34)22-10-6-3-7-11-22)27-31-25-18-23(29)12-13-26(25)33(27)19-21-8-4-2-5-9-21/h2,4-5,8-9,12-13,18,20,22,24H,3,6-7,10-11,14-17,19H2,1H3,(H,30,34). The van der Waals surface area contributed by atoms with Crippen LogP contribution in [0.3, 0.4) is 0 Å². The van der Waals surface area contributed by atoms with Gasteiger partial charge >= 0.3 is 0 Å². The Morgan fingerprint density at radius 2 is 1.79 bits per heavy atom. The van der Waals surface area contributed by atoms with E-state index >= 15 is 0 Å². The highest BCUT2D eigenvalue weighted by atomic mass is 35.5. The molecule has 5 nitrogen and oxygen atoms in total. The molecule has 3 aromatic rings. The number of rotatable bonds is 6. The van der Waals surface area contributed by atoms with E-state index in [0.717, 1.165) is 62.2 Å². The van der Waals surface area contributed by atoms with Gasteiger partial charge < -0.3 is 9.88 Å². The van der Waals surface area contributed by atoms with Crippen LogP contribution in [0.15, 0.2) is 48.5 Å². The van der Waals surface area contributed by atoms with Gasteiger partial charge in [-0.25, -0.2) is 4.98 Å². The first-order chi connectivity index (χ1) is 16.6. The smallest absolute Gasteiger partial charge is 0.223 e. The number of likely N-dealkylation sites (tertiary alicyclic amines) is 1. The molecule has 0 bridgehead atoms. The summed E-state index contributed by atoms with van der Waals surface area (Å²) in [5.74, 6) is 1.59. The molecule has 1 amide bonds. The minimum atomic E-state index is 0.185. The number of carbonyl (C=O) groups excluding carboxylic acids is 1. The van der Waals surface area contributed by atoms with Crippen LogP contribution < -0.4 is 5.32 Å². The number of nitrogens with one attached hydrogen (secondary N) is 1. The average molecular weight is 479 g/mol. The number of carbonyl (C=O) groups is 1. The van der Waals surface area contributed by atoms with Gasteiger partial charge in [0, 0.05) is 36.6 Å². The van der Waals surface area contributed by atoms with E-state index in [1.165, 1.54) is 24.8 Å². The fourth-order valence-electron chi connectivity index (χ4n) is 5.65. The number of fused-ring (bicyclic) bond motifs is 1. The molecule has 1 aliphatic heterocycles. The van der Waals surface area contributed by atoms with Crippen molar-refractivity contribution in [3.8, 4) is 0 Å². The first kappa shape index (κ1) is 23.4. The van der Waals surface area contributed by atoms with E-state index in [2.05, 4.69) is 58.1 Å². The second-order valence-electron chi connectivity index (χ2n) is 10.0. The fourth-order valence-corrected chi connectivity index (χ4v) is 5.82. The summed E-state index contributed by atoms with van der Waals surface area (Å²) in [4.78, 5) is 20.2. The molecule has 1 saturated heterocycles. The van der Waals surface area contributed by atoms with Crippen LogP contribution in [0, 0.1) is 5.92 Å². The molecule has 1 saturated carbocycles. The molecular weight excluding hydrogens is 444 g/mol. The largest absolute Gasteiger partial charge is 0.353 e. The molecule has 180 valence electrons. The lowest BCUT2D eigenvalue weighted by Gasteiger charge is -2.36. The molecule has 1 aromatic heterocycles. The first-order valence-electron chi connectivity index (χ1n) is 12.8. The molecule has 6 heteroatoms. The first-order valence-corrected chi connectivity index (χ1v) is 13.2. The maximum absolute atomic E-state index is 12.7. The molecule has 0 radical (unpaired) electrons. The third-order valence-electron chi connectivity index (χ3n) is 7.70. The quantitative estimate of drug-likeness (QED) is 0.475. The zero-order valence-corrected chi connectivity index (χ0v) is 20.8. The molecule has 5 rings (SSSR count). The Labute approximate surface area is 207 Å². The van der Waals surface area contributed by atoms with Crippen LogP contribution in [0.2, 0.25) is 5.02 Å². The van der Waals surface area contributed by atoms with Crippen molar-refractivity contribution in [3.63, 3.8) is 0 Å². The molecule has 1 N–H and O–H groups in total. The Bertz CT molecular complexity index is 1110. The van der Waals surface area contributed by atoms with E-state index in [1.807, 2.05) is 12.1 Å². The number of piperidine rings is 1. The number of hydrogen-bond donors (Lipinski definition) is 1. The number of halogens is 1. The van der Waals surface area contributed by atoms with Gasteiger partial charge in [0.2, 0.25) is 5.91 Å². The van der Waals surface area contributed by atoms with Crippen molar-refractivity contribution in [2.75, 3.05) is 13.1 Å². The van der Waals surface area contributed by atoms with Crippen molar-refractivity contribution in [1.82, 2.24) is 19.8 Å². The predicted molar refractivity (Wildman–Crippen MR) is 138 cm³/mol. The maximum atomic E-state index is 12.7. The second kappa shape index (κ2) is 10.5. The topological polar surface area (TPSA) is 50.2 Å². The zero-order chi connectivity index (χ0) is 23.5. The van der Waals surface area contributed by atoms with Gasteiger partial charge in [0.25, 0.3) is 0 Å². The SMILES string of the molecule is CC(c1nc2cc(Cl)ccc2n1Cc1ccccc1)N1CCC(NC(=O)C2CCCCC2)CC1. The lowest BCUT2D eigenvalue weighted by atomic mass is 9.88. The number of amides is 1. The van der Waals surface area contributed by atoms with Crippen molar-refractivity contribution < 1.29 is 4.79 Å². The van der Waals surface area contributed by atoms with Crippen molar-refractivity contribution in [2.45, 2.75) is 70.5 Å². The van der Waals surface area contributed by atoms with Crippen molar-refractivity contribution in [2.24, 2.45) is 5.92 Å². The van der Waals surface area contributed by atoms with Gasteiger partial charge in [-0.1, -0.05) is 61.2 Å². The van der Waals surface area contributed by atoms with E-state index in [-0.39, 0.29) is 17.9 Å². The van der Waals surface area contributed by atoms with Crippen LogP contribution in [0.1, 0.15) is 69.3 Å². The minimum Gasteiger partial charge on any atom is -0.353 e. The molecule has 2 heterocycles. The summed E-state index contributed by atoms with van der Waals surface area (Å²) >= 11 is 6.29. The van der Waals surface area contributed by atoms with Crippen LogP contribution >= 0.6 is 11.6 Å². The fraction of sp³-hybridized carbons (Fsp3) is 0.500. The van der Waals surface area contributed by atoms with E-state index in [9.17, 15) is 4.79 Å². The summed E-state index contributed by atoms with van der Waals surface area (Å²) in [5.41, 5.74) is 3.32. The van der Waals surface area contributed by atoms with Gasteiger partial charge in [-0.3, -0.25) is 9.69 Å². The third kappa shape index (κ3) is 5.16. The summed E-state index contributed by atoms with van der Waals surface area (Å²) in [6.45, 7) is 4.97. The number of benzene rings is 2. The summed E-state index contributed by atoms with van der Waals surface area (Å²) in [5, 5.41) is 4.07. The van der Waals surface area contributed by atoms with Gasteiger partial charge in [-0.2, -0.15) is 0 Å². The normalized spacial score (nSPS) is 19.4. The van der Waals surface area contributed by atoms with E-state index in [1.54, 1.807) is 0 Å². The molecule has 2 aromatic carbocycles. The van der Waals surface area contributed by atoms with Crippen LogP contribution in [-0.2, 0) is 11.3 Å². The van der Waals surface area contributed by atoms with E-state index < -0.39 is 0 Å². The number of nitrogens with zero attached hydrogens (tertiary/aromatic N) is 3. The number of imidazole rings is 1. The number of aromatic nitrogens is 2. The second-order valence-corrected chi connectivity index (χ2v) is 10.4. The van der Waals surface area contributed by atoms with Crippen LogP contribution in [0.4, 0.5) is 0 Å². The Kier molecular flexibility index (Phi) is 7.21. The van der Waals surface area contributed by atoms with Crippen molar-refractivity contribution in [1.29, 1.82) is 0 Å². The molecular formula is C28H35ClN4O. The summed E-state index contributed by atoms with van der Waals surface area (Å²) in [6, 6.07) is 17.0. The lowest BCUT2D eigenvalue weighted by Crippen LogP contribution is -2.47. The van der Waals surface area contributed by atoms with Crippen molar-refractivity contribution >= 4 is 28.5 Å². The van der Waals surface area contributed by atoms with E-state index in [4.69, 9.17) is 16.6 Å². The minimum absolute atomic E-state index is 0.185. The molecule has 2 fully saturated rings. The molecule has 0 spiro atoms. The highest BCUT2D eigenvalue weighted by Crippen LogP contribution is 2.30.